The molecule has 0 radical (unpaired) electrons. The van der Waals surface area contributed by atoms with E-state index in [-0.39, 0.29) is 0 Å². The van der Waals surface area contributed by atoms with Crippen LogP contribution >= 0.6 is 0 Å². The summed E-state index contributed by atoms with van der Waals surface area (Å²) in [6, 6.07) is 18.1. The molecule has 3 aromatic rings. The molecule has 0 amide bonds. The number of benzene rings is 2. The van der Waals surface area contributed by atoms with Crippen LogP contribution in [0.4, 0.5) is 0 Å². The van der Waals surface area contributed by atoms with E-state index in [1.54, 1.807) is 0 Å². The number of rotatable bonds is 6. The van der Waals surface area contributed by atoms with Gasteiger partial charge in [0.25, 0.3) is 0 Å². The van der Waals surface area contributed by atoms with Gasteiger partial charge in [-0.25, -0.2) is 0 Å². The minimum Gasteiger partial charge on any atom is -0.343 e. The molecule has 0 unspecified atom stereocenters. The summed E-state index contributed by atoms with van der Waals surface area (Å²) in [6.45, 7) is 8.44. The molecule has 1 aromatic heterocycles. The first-order valence-corrected chi connectivity index (χ1v) is 8.53. The molecule has 120 valence electrons. The van der Waals surface area contributed by atoms with Crippen LogP contribution in [-0.2, 0) is 13.1 Å². The zero-order valence-electron chi connectivity index (χ0n) is 14.3. The fourth-order valence-electron chi connectivity index (χ4n) is 2.91. The fraction of sp³-hybridized carbons (Fsp3) is 0.333. The third kappa shape index (κ3) is 3.65. The van der Waals surface area contributed by atoms with E-state index in [2.05, 4.69) is 85.4 Å². The standard InChI is InChI=1S/C21H26N2/c1-4-17(3)22-13-19-15-23(21-8-6-5-7-20(19)21)14-18-11-9-16(2)10-12-18/h5-12,15,17,22H,4,13-14H2,1-3H3/t17-/m1/s1. The normalized spacial score (nSPS) is 12.7. The summed E-state index contributed by atoms with van der Waals surface area (Å²) in [4.78, 5) is 0. The Morgan fingerprint density at radius 2 is 1.78 bits per heavy atom. The lowest BCUT2D eigenvalue weighted by molar-refractivity contribution is 0.535. The molecule has 0 saturated heterocycles. The van der Waals surface area contributed by atoms with Crippen molar-refractivity contribution in [3.05, 3.63) is 71.4 Å². The van der Waals surface area contributed by atoms with Crippen molar-refractivity contribution in [2.75, 3.05) is 0 Å². The highest BCUT2D eigenvalue weighted by atomic mass is 15.0. The van der Waals surface area contributed by atoms with Crippen LogP contribution in [0.25, 0.3) is 10.9 Å². The van der Waals surface area contributed by atoms with E-state index in [9.17, 15) is 0 Å². The summed E-state index contributed by atoms with van der Waals surface area (Å²) in [5.74, 6) is 0. The Bertz CT molecular complexity index is 768. The monoisotopic (exact) mass is 306 g/mol. The number of aryl methyl sites for hydroxylation is 1. The predicted octanol–water partition coefficient (Wildman–Crippen LogP) is 4.89. The molecule has 1 heterocycles. The first kappa shape index (κ1) is 15.8. The molecule has 23 heavy (non-hydrogen) atoms. The molecule has 0 aliphatic rings. The van der Waals surface area contributed by atoms with Gasteiger partial charge in [0.2, 0.25) is 0 Å². The number of fused-ring (bicyclic) bond motifs is 1. The van der Waals surface area contributed by atoms with Gasteiger partial charge in [0.15, 0.2) is 0 Å². The highest BCUT2D eigenvalue weighted by Crippen LogP contribution is 2.22. The number of aromatic nitrogens is 1. The molecule has 0 saturated carbocycles. The smallest absolute Gasteiger partial charge is 0.0486 e. The maximum Gasteiger partial charge on any atom is 0.0486 e. The lowest BCUT2D eigenvalue weighted by Crippen LogP contribution is -2.24. The Hall–Kier alpha value is -2.06. The largest absolute Gasteiger partial charge is 0.343 e. The van der Waals surface area contributed by atoms with Crippen LogP contribution in [0.15, 0.2) is 54.7 Å². The molecule has 2 aromatic carbocycles. The minimum atomic E-state index is 0.550. The highest BCUT2D eigenvalue weighted by Gasteiger charge is 2.09. The van der Waals surface area contributed by atoms with Crippen molar-refractivity contribution in [1.82, 2.24) is 9.88 Å². The Balaban J connectivity index is 1.89. The van der Waals surface area contributed by atoms with E-state index in [0.29, 0.717) is 6.04 Å². The second kappa shape index (κ2) is 7.01. The van der Waals surface area contributed by atoms with Gasteiger partial charge in [0.05, 0.1) is 0 Å². The van der Waals surface area contributed by atoms with Crippen molar-refractivity contribution in [1.29, 1.82) is 0 Å². The van der Waals surface area contributed by atoms with Crippen LogP contribution in [0.5, 0.6) is 0 Å². The van der Waals surface area contributed by atoms with Gasteiger partial charge in [-0.3, -0.25) is 0 Å². The zero-order valence-corrected chi connectivity index (χ0v) is 14.3. The van der Waals surface area contributed by atoms with Crippen molar-refractivity contribution in [3.63, 3.8) is 0 Å². The molecular weight excluding hydrogens is 280 g/mol. The number of para-hydroxylation sites is 1. The number of hydrogen-bond acceptors (Lipinski definition) is 1. The van der Waals surface area contributed by atoms with E-state index >= 15 is 0 Å². The SMILES string of the molecule is CC[C@@H](C)NCc1cn(Cc2ccc(C)cc2)c2ccccc12. The van der Waals surface area contributed by atoms with E-state index in [4.69, 9.17) is 0 Å². The van der Waals surface area contributed by atoms with Crippen molar-refractivity contribution < 1.29 is 0 Å². The van der Waals surface area contributed by atoms with Crippen LogP contribution in [0, 0.1) is 6.92 Å². The van der Waals surface area contributed by atoms with E-state index in [0.717, 1.165) is 19.5 Å². The van der Waals surface area contributed by atoms with Crippen LogP contribution in [0.3, 0.4) is 0 Å². The van der Waals surface area contributed by atoms with Gasteiger partial charge in [0, 0.05) is 36.2 Å². The Labute approximate surface area is 139 Å². The van der Waals surface area contributed by atoms with Gasteiger partial charge in [-0.1, -0.05) is 55.0 Å². The summed E-state index contributed by atoms with van der Waals surface area (Å²) in [5.41, 5.74) is 5.35. The third-order valence-electron chi connectivity index (χ3n) is 4.60. The first-order valence-electron chi connectivity index (χ1n) is 8.53. The molecule has 0 bridgehead atoms. The topological polar surface area (TPSA) is 17.0 Å². The molecule has 0 spiro atoms. The Morgan fingerprint density at radius 1 is 1.04 bits per heavy atom. The molecule has 1 N–H and O–H groups in total. The van der Waals surface area contributed by atoms with E-state index in [1.165, 1.54) is 27.6 Å². The van der Waals surface area contributed by atoms with Gasteiger partial charge < -0.3 is 9.88 Å². The van der Waals surface area contributed by atoms with Crippen LogP contribution < -0.4 is 5.32 Å². The van der Waals surface area contributed by atoms with Crippen molar-refractivity contribution in [3.8, 4) is 0 Å². The summed E-state index contributed by atoms with van der Waals surface area (Å²) >= 11 is 0. The second-order valence-corrected chi connectivity index (χ2v) is 6.48. The summed E-state index contributed by atoms with van der Waals surface area (Å²) < 4.78 is 2.37. The van der Waals surface area contributed by atoms with Gasteiger partial charge in [0.1, 0.15) is 0 Å². The zero-order chi connectivity index (χ0) is 16.2. The lowest BCUT2D eigenvalue weighted by Gasteiger charge is -2.10. The van der Waals surface area contributed by atoms with E-state index in [1.807, 2.05) is 0 Å². The average molecular weight is 306 g/mol. The number of nitrogens with zero attached hydrogens (tertiary/aromatic N) is 1. The predicted molar refractivity (Wildman–Crippen MR) is 98.8 cm³/mol. The molecule has 1 atom stereocenters. The third-order valence-corrected chi connectivity index (χ3v) is 4.60. The van der Waals surface area contributed by atoms with Crippen molar-refractivity contribution in [2.24, 2.45) is 0 Å². The van der Waals surface area contributed by atoms with Gasteiger partial charge >= 0.3 is 0 Å². The van der Waals surface area contributed by atoms with Crippen LogP contribution in [0.1, 0.15) is 37.0 Å². The van der Waals surface area contributed by atoms with Gasteiger partial charge in [-0.15, -0.1) is 0 Å². The van der Waals surface area contributed by atoms with E-state index < -0.39 is 0 Å². The number of hydrogen-bond donors (Lipinski definition) is 1. The quantitative estimate of drug-likeness (QED) is 0.686. The Morgan fingerprint density at radius 3 is 2.52 bits per heavy atom. The molecular formula is C21H26N2. The maximum atomic E-state index is 3.61. The number of nitrogens with one attached hydrogen (secondary N) is 1. The molecule has 0 fully saturated rings. The summed E-state index contributed by atoms with van der Waals surface area (Å²) in [6.07, 6.45) is 3.46. The fourth-order valence-corrected chi connectivity index (χ4v) is 2.91. The molecule has 2 nitrogen and oxygen atoms in total. The van der Waals surface area contributed by atoms with Crippen LogP contribution in [-0.4, -0.2) is 10.6 Å². The molecule has 0 aliphatic carbocycles. The Kier molecular flexibility index (Phi) is 4.82. The minimum absolute atomic E-state index is 0.550. The lowest BCUT2D eigenvalue weighted by atomic mass is 10.1. The average Bonchev–Trinajstić information content (AvgIpc) is 2.93. The molecule has 3 rings (SSSR count). The molecule has 0 aliphatic heterocycles. The molecule has 2 heteroatoms. The van der Waals surface area contributed by atoms with Crippen LogP contribution in [0.2, 0.25) is 0 Å². The summed E-state index contributed by atoms with van der Waals surface area (Å²) in [5, 5.41) is 4.97. The summed E-state index contributed by atoms with van der Waals surface area (Å²) in [7, 11) is 0. The second-order valence-electron chi connectivity index (χ2n) is 6.48. The van der Waals surface area contributed by atoms with Gasteiger partial charge in [-0.2, -0.15) is 0 Å². The van der Waals surface area contributed by atoms with Crippen molar-refractivity contribution in [2.45, 2.75) is 46.3 Å². The highest BCUT2D eigenvalue weighted by molar-refractivity contribution is 5.84. The van der Waals surface area contributed by atoms with Gasteiger partial charge in [-0.05, 0) is 37.5 Å². The van der Waals surface area contributed by atoms with Crippen molar-refractivity contribution >= 4 is 10.9 Å². The first-order chi connectivity index (χ1) is 11.2. The maximum absolute atomic E-state index is 3.61.